The molecule has 0 aliphatic rings. The van der Waals surface area contributed by atoms with Crippen LogP contribution in [-0.4, -0.2) is 24.2 Å². The Hall–Kier alpha value is -0.570. The number of hydrogen-bond donors (Lipinski definition) is 2. The van der Waals surface area contributed by atoms with E-state index in [0.29, 0.717) is 0 Å². The monoisotopic (exact) mass is 117 g/mol. The number of rotatable bonds is 3. The Morgan fingerprint density at radius 1 is 1.88 bits per heavy atom. The number of aliphatic carboxylic acids is 1. The molecule has 0 aromatic heterocycles. The van der Waals surface area contributed by atoms with Crippen LogP contribution >= 0.6 is 0 Å². The fourth-order valence-corrected chi connectivity index (χ4v) is 0.364. The van der Waals surface area contributed by atoms with Crippen LogP contribution in [0.25, 0.3) is 0 Å². The van der Waals surface area contributed by atoms with Crippen molar-refractivity contribution >= 4 is 5.97 Å². The van der Waals surface area contributed by atoms with E-state index in [1.54, 1.807) is 7.05 Å². The van der Waals surface area contributed by atoms with Crippen molar-refractivity contribution in [1.82, 2.24) is 5.32 Å². The smallest absolute Gasteiger partial charge is 0.304 e. The van der Waals surface area contributed by atoms with Crippen molar-refractivity contribution in [2.24, 2.45) is 0 Å². The molecule has 0 aromatic carbocycles. The number of carboxylic acids is 1. The molecule has 0 bridgehead atoms. The molecule has 3 heteroatoms. The van der Waals surface area contributed by atoms with Crippen molar-refractivity contribution in [3.05, 3.63) is 0 Å². The molecular weight excluding hydrogens is 106 g/mol. The van der Waals surface area contributed by atoms with E-state index in [9.17, 15) is 4.79 Å². The van der Waals surface area contributed by atoms with Gasteiger partial charge in [0.2, 0.25) is 0 Å². The largest absolute Gasteiger partial charge is 0.481 e. The summed E-state index contributed by atoms with van der Waals surface area (Å²) < 4.78 is 0. The van der Waals surface area contributed by atoms with E-state index in [-0.39, 0.29) is 12.5 Å². The van der Waals surface area contributed by atoms with E-state index in [0.717, 1.165) is 0 Å². The normalized spacial score (nSPS) is 13.2. The van der Waals surface area contributed by atoms with E-state index >= 15 is 0 Å². The molecule has 0 aliphatic carbocycles. The molecule has 0 spiro atoms. The zero-order valence-corrected chi connectivity index (χ0v) is 5.14. The highest BCUT2D eigenvalue weighted by Gasteiger charge is 2.02. The second-order valence-corrected chi connectivity index (χ2v) is 1.79. The van der Waals surface area contributed by atoms with Gasteiger partial charge in [-0.05, 0) is 14.0 Å². The first-order valence-corrected chi connectivity index (χ1v) is 2.56. The zero-order chi connectivity index (χ0) is 6.57. The van der Waals surface area contributed by atoms with E-state index in [4.69, 9.17) is 5.11 Å². The van der Waals surface area contributed by atoms with Crippen molar-refractivity contribution < 1.29 is 9.90 Å². The van der Waals surface area contributed by atoms with Crippen LogP contribution in [0.5, 0.6) is 0 Å². The maximum Gasteiger partial charge on any atom is 0.304 e. The van der Waals surface area contributed by atoms with Crippen LogP contribution in [0.15, 0.2) is 0 Å². The van der Waals surface area contributed by atoms with Gasteiger partial charge in [-0.25, -0.2) is 0 Å². The highest BCUT2D eigenvalue weighted by Crippen LogP contribution is 1.86. The third kappa shape index (κ3) is 3.61. The van der Waals surface area contributed by atoms with E-state index in [1.807, 2.05) is 6.92 Å². The van der Waals surface area contributed by atoms with Crippen LogP contribution in [0.4, 0.5) is 0 Å². The van der Waals surface area contributed by atoms with Gasteiger partial charge in [0.25, 0.3) is 0 Å². The van der Waals surface area contributed by atoms with Gasteiger partial charge in [0.05, 0.1) is 6.42 Å². The molecule has 0 saturated heterocycles. The van der Waals surface area contributed by atoms with Gasteiger partial charge in [-0.2, -0.15) is 0 Å². The third-order valence-corrected chi connectivity index (χ3v) is 0.974. The Bertz CT molecular complexity index is 82.5. The molecule has 0 saturated carbocycles. The third-order valence-electron chi connectivity index (χ3n) is 0.974. The lowest BCUT2D eigenvalue weighted by Crippen LogP contribution is -2.24. The summed E-state index contributed by atoms with van der Waals surface area (Å²) in [6.45, 7) is 1.83. The fourth-order valence-electron chi connectivity index (χ4n) is 0.364. The minimum Gasteiger partial charge on any atom is -0.481 e. The second-order valence-electron chi connectivity index (χ2n) is 1.79. The summed E-state index contributed by atoms with van der Waals surface area (Å²) in [5.41, 5.74) is 0. The zero-order valence-electron chi connectivity index (χ0n) is 5.14. The highest BCUT2D eigenvalue weighted by atomic mass is 16.4. The van der Waals surface area contributed by atoms with E-state index in [2.05, 4.69) is 5.32 Å². The van der Waals surface area contributed by atoms with Crippen molar-refractivity contribution in [2.45, 2.75) is 19.4 Å². The van der Waals surface area contributed by atoms with Gasteiger partial charge < -0.3 is 10.4 Å². The molecule has 8 heavy (non-hydrogen) atoms. The number of hydrogen-bond acceptors (Lipinski definition) is 2. The molecule has 1 atom stereocenters. The van der Waals surface area contributed by atoms with Crippen molar-refractivity contribution in [1.29, 1.82) is 0 Å². The number of nitrogens with one attached hydrogen (secondary N) is 1. The Balaban J connectivity index is 3.24. The lowest BCUT2D eigenvalue weighted by Gasteiger charge is -2.03. The Morgan fingerprint density at radius 2 is 2.38 bits per heavy atom. The number of carboxylic acid groups (broad SMARTS) is 1. The lowest BCUT2D eigenvalue weighted by atomic mass is 10.2. The average molecular weight is 117 g/mol. The molecule has 0 radical (unpaired) electrons. The van der Waals surface area contributed by atoms with Gasteiger partial charge in [-0.3, -0.25) is 4.79 Å². The average Bonchev–Trinajstić information content (AvgIpc) is 1.65. The predicted molar refractivity (Wildman–Crippen MR) is 30.8 cm³/mol. The van der Waals surface area contributed by atoms with Gasteiger partial charge in [0, 0.05) is 6.04 Å². The second kappa shape index (κ2) is 3.43. The summed E-state index contributed by atoms with van der Waals surface area (Å²) in [7, 11) is 1.74. The highest BCUT2D eigenvalue weighted by molar-refractivity contribution is 5.67. The predicted octanol–water partition coefficient (Wildman–Crippen LogP) is 0.0690. The molecular formula is C5H11NO2. The standard InChI is InChI=1S/C5H11NO2/c1-4(6-2)3-5(7)8/h4,6H,3H2,1-2H3,(H,7,8)/t4-/m0/s1. The van der Waals surface area contributed by atoms with Crippen LogP contribution in [0.2, 0.25) is 0 Å². The maximum absolute atomic E-state index is 9.93. The fraction of sp³-hybridized carbons (Fsp3) is 0.800. The summed E-state index contributed by atoms with van der Waals surface area (Å²) in [5, 5.41) is 11.0. The van der Waals surface area contributed by atoms with Gasteiger partial charge in [-0.1, -0.05) is 0 Å². The van der Waals surface area contributed by atoms with Crippen molar-refractivity contribution in [2.75, 3.05) is 7.05 Å². The first kappa shape index (κ1) is 7.43. The summed E-state index contributed by atoms with van der Waals surface area (Å²) in [6, 6.07) is 0.0764. The topological polar surface area (TPSA) is 49.3 Å². The quantitative estimate of drug-likeness (QED) is 0.550. The molecule has 0 fully saturated rings. The van der Waals surface area contributed by atoms with Crippen LogP contribution in [0.1, 0.15) is 13.3 Å². The van der Waals surface area contributed by atoms with Gasteiger partial charge in [-0.15, -0.1) is 0 Å². The minimum absolute atomic E-state index is 0.0764. The van der Waals surface area contributed by atoms with Crippen molar-refractivity contribution in [3.63, 3.8) is 0 Å². The molecule has 48 valence electrons. The van der Waals surface area contributed by atoms with Gasteiger partial charge in [0.15, 0.2) is 0 Å². The Kier molecular flexibility index (Phi) is 3.19. The van der Waals surface area contributed by atoms with Crippen molar-refractivity contribution in [3.8, 4) is 0 Å². The van der Waals surface area contributed by atoms with Crippen LogP contribution < -0.4 is 5.32 Å². The molecule has 0 rings (SSSR count). The summed E-state index contributed by atoms with van der Waals surface area (Å²) in [6.07, 6.45) is 0.191. The van der Waals surface area contributed by atoms with Gasteiger partial charge >= 0.3 is 5.97 Å². The first-order valence-electron chi connectivity index (χ1n) is 2.56. The Labute approximate surface area is 48.7 Å². The molecule has 0 heterocycles. The molecule has 0 aromatic rings. The summed E-state index contributed by atoms with van der Waals surface area (Å²) in [4.78, 5) is 9.93. The van der Waals surface area contributed by atoms with Gasteiger partial charge in [0.1, 0.15) is 0 Å². The maximum atomic E-state index is 9.93. The molecule has 3 nitrogen and oxygen atoms in total. The first-order chi connectivity index (χ1) is 3.66. The SMILES string of the molecule is CN[C@@H](C)CC(=O)O. The summed E-state index contributed by atoms with van der Waals surface area (Å²) >= 11 is 0. The van der Waals surface area contributed by atoms with E-state index in [1.165, 1.54) is 0 Å². The minimum atomic E-state index is -0.758. The molecule has 0 unspecified atom stereocenters. The van der Waals surface area contributed by atoms with Crippen LogP contribution in [0.3, 0.4) is 0 Å². The van der Waals surface area contributed by atoms with E-state index < -0.39 is 5.97 Å². The van der Waals surface area contributed by atoms with Crippen LogP contribution in [-0.2, 0) is 4.79 Å². The number of carbonyl (C=O) groups is 1. The molecule has 0 aliphatic heterocycles. The summed E-state index contributed by atoms with van der Waals surface area (Å²) in [5.74, 6) is -0.758. The Morgan fingerprint density at radius 3 is 2.50 bits per heavy atom. The van der Waals surface area contributed by atoms with Crippen LogP contribution in [0, 0.1) is 0 Å². The lowest BCUT2D eigenvalue weighted by molar-refractivity contribution is -0.137. The molecule has 0 amide bonds. The molecule has 2 N–H and O–H groups in total.